The topological polar surface area (TPSA) is 58.6 Å². The Balaban J connectivity index is 2.22. The number of rotatable bonds is 7. The van der Waals surface area contributed by atoms with E-state index in [9.17, 15) is 9.59 Å². The highest BCUT2D eigenvalue weighted by atomic mass is 16.5. The summed E-state index contributed by atoms with van der Waals surface area (Å²) in [5.41, 5.74) is 1.45. The van der Waals surface area contributed by atoms with Gasteiger partial charge < -0.3 is 15.0 Å². The first-order chi connectivity index (χ1) is 11.1. The van der Waals surface area contributed by atoms with Crippen molar-refractivity contribution >= 4 is 23.2 Å². The molecule has 0 saturated heterocycles. The Hall–Kier alpha value is -2.04. The number of hydrogen-bond donors (Lipinski definition) is 1. The minimum atomic E-state index is -0.468. The minimum absolute atomic E-state index is 0.0126. The van der Waals surface area contributed by atoms with Crippen LogP contribution in [0, 0.1) is 0 Å². The summed E-state index contributed by atoms with van der Waals surface area (Å²) in [4.78, 5) is 26.0. The van der Waals surface area contributed by atoms with Crippen molar-refractivity contribution in [2.45, 2.75) is 59.0 Å². The molecule has 126 valence electrons. The van der Waals surface area contributed by atoms with Crippen molar-refractivity contribution in [3.8, 4) is 5.75 Å². The third-order valence-corrected chi connectivity index (χ3v) is 3.91. The van der Waals surface area contributed by atoms with Gasteiger partial charge in [-0.2, -0.15) is 0 Å². The first-order valence-electron chi connectivity index (χ1n) is 8.48. The highest BCUT2D eigenvalue weighted by Crippen LogP contribution is 2.36. The largest absolute Gasteiger partial charge is 0.479 e. The van der Waals surface area contributed by atoms with Gasteiger partial charge in [0.1, 0.15) is 5.75 Å². The molecule has 0 bridgehead atoms. The van der Waals surface area contributed by atoms with Gasteiger partial charge in [-0.25, -0.2) is 0 Å². The van der Waals surface area contributed by atoms with Crippen molar-refractivity contribution < 1.29 is 14.3 Å². The lowest BCUT2D eigenvalue weighted by Crippen LogP contribution is -2.44. The summed E-state index contributed by atoms with van der Waals surface area (Å²) >= 11 is 0. The van der Waals surface area contributed by atoms with Gasteiger partial charge in [0.15, 0.2) is 6.10 Å². The van der Waals surface area contributed by atoms with Crippen LogP contribution >= 0.6 is 0 Å². The molecule has 2 amide bonds. The number of unbranched alkanes of at least 4 members (excludes halogenated alkanes) is 2. The Kier molecular flexibility index (Phi) is 6.02. The lowest BCUT2D eigenvalue weighted by Gasteiger charge is -2.33. The number of anilines is 2. The van der Waals surface area contributed by atoms with Crippen LogP contribution in [0.1, 0.15) is 52.9 Å². The molecule has 1 unspecified atom stereocenters. The average Bonchev–Trinajstić information content (AvgIpc) is 2.52. The zero-order valence-electron chi connectivity index (χ0n) is 14.2. The van der Waals surface area contributed by atoms with Crippen LogP contribution in [-0.2, 0) is 9.59 Å². The standard InChI is InChI=1S/C18H26N2O3/c1-4-6-7-11-20-15-12-14(19-17(21)8-5-2)9-10-16(15)23-13(3)18(20)22/h9-10,12-13H,4-8,11H2,1-3H3,(H,19,21). The molecular weight excluding hydrogens is 292 g/mol. The molecule has 0 fully saturated rings. The van der Waals surface area contributed by atoms with Gasteiger partial charge in [-0.05, 0) is 38.0 Å². The van der Waals surface area contributed by atoms with Crippen LogP contribution in [0.5, 0.6) is 5.75 Å². The second kappa shape index (κ2) is 7.99. The van der Waals surface area contributed by atoms with E-state index in [-0.39, 0.29) is 11.8 Å². The van der Waals surface area contributed by atoms with E-state index in [1.807, 2.05) is 25.1 Å². The van der Waals surface area contributed by atoms with Crippen LogP contribution < -0.4 is 15.0 Å². The summed E-state index contributed by atoms with van der Waals surface area (Å²) in [6.07, 6.45) is 3.98. The molecule has 5 heteroatoms. The normalized spacial score (nSPS) is 16.7. The number of nitrogens with one attached hydrogen (secondary N) is 1. The van der Waals surface area contributed by atoms with E-state index in [1.54, 1.807) is 11.8 Å². The third-order valence-electron chi connectivity index (χ3n) is 3.91. The van der Waals surface area contributed by atoms with E-state index in [0.29, 0.717) is 24.4 Å². The smallest absolute Gasteiger partial charge is 0.267 e. The molecule has 0 radical (unpaired) electrons. The molecule has 1 aromatic rings. The molecule has 1 aliphatic heterocycles. The second-order valence-corrected chi connectivity index (χ2v) is 5.94. The molecule has 23 heavy (non-hydrogen) atoms. The maximum atomic E-state index is 12.4. The number of carbonyl (C=O) groups excluding carboxylic acids is 2. The van der Waals surface area contributed by atoms with Crippen LogP contribution in [-0.4, -0.2) is 24.5 Å². The van der Waals surface area contributed by atoms with Gasteiger partial charge >= 0.3 is 0 Å². The molecule has 5 nitrogen and oxygen atoms in total. The summed E-state index contributed by atoms with van der Waals surface area (Å²) < 4.78 is 5.68. The summed E-state index contributed by atoms with van der Waals surface area (Å²) in [5, 5.41) is 2.87. The molecule has 0 spiro atoms. The molecule has 1 heterocycles. The summed E-state index contributed by atoms with van der Waals surface area (Å²) in [6.45, 7) is 6.56. The van der Waals surface area contributed by atoms with Gasteiger partial charge in [0.05, 0.1) is 5.69 Å². The first kappa shape index (κ1) is 17.3. The van der Waals surface area contributed by atoms with Gasteiger partial charge in [0.25, 0.3) is 5.91 Å². The van der Waals surface area contributed by atoms with E-state index >= 15 is 0 Å². The van der Waals surface area contributed by atoms with Crippen molar-refractivity contribution in [3.63, 3.8) is 0 Å². The van der Waals surface area contributed by atoms with Crippen LogP contribution in [0.4, 0.5) is 11.4 Å². The Morgan fingerprint density at radius 3 is 2.74 bits per heavy atom. The maximum Gasteiger partial charge on any atom is 0.267 e. The minimum Gasteiger partial charge on any atom is -0.479 e. The van der Waals surface area contributed by atoms with Gasteiger partial charge in [-0.3, -0.25) is 9.59 Å². The number of ether oxygens (including phenoxy) is 1. The van der Waals surface area contributed by atoms with E-state index in [4.69, 9.17) is 4.74 Å². The molecule has 1 atom stereocenters. The highest BCUT2D eigenvalue weighted by molar-refractivity contribution is 6.01. The number of nitrogens with zero attached hydrogens (tertiary/aromatic N) is 1. The zero-order chi connectivity index (χ0) is 16.8. The molecule has 1 aromatic carbocycles. The predicted octanol–water partition coefficient (Wildman–Crippen LogP) is 3.73. The molecule has 0 aliphatic carbocycles. The highest BCUT2D eigenvalue weighted by Gasteiger charge is 2.31. The molecule has 1 N–H and O–H groups in total. The molecule has 2 rings (SSSR count). The average molecular weight is 318 g/mol. The van der Waals surface area contributed by atoms with E-state index in [2.05, 4.69) is 12.2 Å². The molecule has 0 saturated carbocycles. The summed E-state index contributed by atoms with van der Waals surface area (Å²) in [5.74, 6) is 0.661. The van der Waals surface area contributed by atoms with Crippen molar-refractivity contribution in [1.82, 2.24) is 0 Å². The fraction of sp³-hybridized carbons (Fsp3) is 0.556. The van der Waals surface area contributed by atoms with Gasteiger partial charge in [0, 0.05) is 18.7 Å². The van der Waals surface area contributed by atoms with Gasteiger partial charge in [-0.15, -0.1) is 0 Å². The summed E-state index contributed by atoms with van der Waals surface area (Å²) in [7, 11) is 0. The number of fused-ring (bicyclic) bond motifs is 1. The fourth-order valence-electron chi connectivity index (χ4n) is 2.69. The van der Waals surface area contributed by atoms with Gasteiger partial charge in [-0.1, -0.05) is 26.7 Å². The lowest BCUT2D eigenvalue weighted by atomic mass is 10.1. The number of amides is 2. The van der Waals surface area contributed by atoms with Crippen molar-refractivity contribution in [2.75, 3.05) is 16.8 Å². The van der Waals surface area contributed by atoms with E-state index in [1.165, 1.54) is 0 Å². The summed E-state index contributed by atoms with van der Waals surface area (Å²) in [6, 6.07) is 5.48. The SMILES string of the molecule is CCCCCN1C(=O)C(C)Oc2ccc(NC(=O)CCC)cc21. The second-order valence-electron chi connectivity index (χ2n) is 5.94. The van der Waals surface area contributed by atoms with Crippen LogP contribution in [0.25, 0.3) is 0 Å². The molecule has 0 aromatic heterocycles. The Morgan fingerprint density at radius 1 is 1.26 bits per heavy atom. The van der Waals surface area contributed by atoms with Crippen molar-refractivity contribution in [3.05, 3.63) is 18.2 Å². The number of carbonyl (C=O) groups is 2. The third kappa shape index (κ3) is 4.24. The fourth-order valence-corrected chi connectivity index (χ4v) is 2.69. The maximum absolute atomic E-state index is 12.4. The number of hydrogen-bond acceptors (Lipinski definition) is 3. The lowest BCUT2D eigenvalue weighted by molar-refractivity contribution is -0.125. The predicted molar refractivity (Wildman–Crippen MR) is 91.9 cm³/mol. The van der Waals surface area contributed by atoms with Crippen molar-refractivity contribution in [2.24, 2.45) is 0 Å². The quantitative estimate of drug-likeness (QED) is 0.779. The number of benzene rings is 1. The monoisotopic (exact) mass is 318 g/mol. The van der Waals surface area contributed by atoms with Crippen LogP contribution in [0.2, 0.25) is 0 Å². The first-order valence-corrected chi connectivity index (χ1v) is 8.48. The van der Waals surface area contributed by atoms with Gasteiger partial charge in [0.2, 0.25) is 5.91 Å². The van der Waals surface area contributed by atoms with Crippen LogP contribution in [0.3, 0.4) is 0 Å². The molecular formula is C18H26N2O3. The van der Waals surface area contributed by atoms with E-state index < -0.39 is 6.10 Å². The Bertz CT molecular complexity index is 571. The zero-order valence-corrected chi connectivity index (χ0v) is 14.2. The van der Waals surface area contributed by atoms with E-state index in [0.717, 1.165) is 31.4 Å². The van der Waals surface area contributed by atoms with Crippen LogP contribution in [0.15, 0.2) is 18.2 Å². The Morgan fingerprint density at radius 2 is 2.04 bits per heavy atom. The Labute approximate surface area is 138 Å². The van der Waals surface area contributed by atoms with Crippen molar-refractivity contribution in [1.29, 1.82) is 0 Å². The molecule has 1 aliphatic rings.